The fourth-order valence-electron chi connectivity index (χ4n) is 2.55. The van der Waals surface area contributed by atoms with Crippen molar-refractivity contribution in [2.24, 2.45) is 0 Å². The predicted molar refractivity (Wildman–Crippen MR) is 55.4 cm³/mol. The lowest BCUT2D eigenvalue weighted by molar-refractivity contribution is -0.210. The number of rotatable bonds is 0. The van der Waals surface area contributed by atoms with Crippen molar-refractivity contribution < 1.29 is 9.47 Å². The Labute approximate surface area is 86.2 Å². The molecule has 0 aliphatic carbocycles. The Bertz CT molecular complexity index is 237. The van der Waals surface area contributed by atoms with Crippen LogP contribution in [0.4, 0.5) is 0 Å². The third-order valence-corrected chi connectivity index (χ3v) is 3.50. The first-order valence-electron chi connectivity index (χ1n) is 5.42. The molecule has 0 aromatic rings. The van der Waals surface area contributed by atoms with Gasteiger partial charge in [0.1, 0.15) is 5.60 Å². The third kappa shape index (κ3) is 1.47. The summed E-state index contributed by atoms with van der Waals surface area (Å²) in [6, 6.07) is 0. The summed E-state index contributed by atoms with van der Waals surface area (Å²) in [4.78, 5) is 0. The second kappa shape index (κ2) is 2.94. The molecule has 0 aromatic heterocycles. The highest BCUT2D eigenvalue weighted by atomic mass is 16.6. The van der Waals surface area contributed by atoms with Gasteiger partial charge in [-0.25, -0.2) is 0 Å². The van der Waals surface area contributed by atoms with E-state index in [1.165, 1.54) is 0 Å². The van der Waals surface area contributed by atoms with Gasteiger partial charge in [0, 0.05) is 19.5 Å². The molecule has 1 unspecified atom stereocenters. The molecule has 3 nitrogen and oxygen atoms in total. The third-order valence-electron chi connectivity index (χ3n) is 3.50. The highest BCUT2D eigenvalue weighted by Crippen LogP contribution is 2.42. The van der Waals surface area contributed by atoms with Gasteiger partial charge in [-0.05, 0) is 27.7 Å². The van der Waals surface area contributed by atoms with Crippen LogP contribution in [-0.4, -0.2) is 36.5 Å². The van der Waals surface area contributed by atoms with Crippen LogP contribution in [0.2, 0.25) is 0 Å². The Kier molecular flexibility index (Phi) is 2.18. The molecule has 2 fully saturated rings. The van der Waals surface area contributed by atoms with Gasteiger partial charge in [0.2, 0.25) is 0 Å². The van der Waals surface area contributed by atoms with E-state index in [0.717, 1.165) is 26.1 Å². The Hall–Kier alpha value is -0.120. The summed E-state index contributed by atoms with van der Waals surface area (Å²) < 4.78 is 12.0. The summed E-state index contributed by atoms with van der Waals surface area (Å²) >= 11 is 0. The first-order chi connectivity index (χ1) is 6.37. The van der Waals surface area contributed by atoms with Crippen molar-refractivity contribution in [3.8, 4) is 0 Å². The van der Waals surface area contributed by atoms with Crippen LogP contribution in [0.5, 0.6) is 0 Å². The second-order valence-electron chi connectivity index (χ2n) is 5.57. The van der Waals surface area contributed by atoms with Crippen LogP contribution in [0.15, 0.2) is 0 Å². The molecule has 1 atom stereocenters. The fraction of sp³-hybridized carbons (Fsp3) is 1.00. The number of morpholine rings is 1. The van der Waals surface area contributed by atoms with E-state index in [9.17, 15) is 0 Å². The van der Waals surface area contributed by atoms with Crippen molar-refractivity contribution in [1.29, 1.82) is 0 Å². The molecule has 82 valence electrons. The van der Waals surface area contributed by atoms with Crippen molar-refractivity contribution in [2.75, 3.05) is 19.7 Å². The van der Waals surface area contributed by atoms with Gasteiger partial charge in [-0.1, -0.05) is 0 Å². The van der Waals surface area contributed by atoms with Gasteiger partial charge < -0.3 is 14.8 Å². The fourth-order valence-corrected chi connectivity index (χ4v) is 2.55. The van der Waals surface area contributed by atoms with E-state index in [4.69, 9.17) is 9.47 Å². The lowest BCUT2D eigenvalue weighted by Gasteiger charge is -2.49. The van der Waals surface area contributed by atoms with E-state index in [1.54, 1.807) is 0 Å². The molecule has 0 radical (unpaired) electrons. The van der Waals surface area contributed by atoms with Crippen LogP contribution >= 0.6 is 0 Å². The monoisotopic (exact) mass is 199 g/mol. The van der Waals surface area contributed by atoms with Crippen molar-refractivity contribution in [1.82, 2.24) is 5.32 Å². The molecule has 2 aliphatic heterocycles. The highest BCUT2D eigenvalue weighted by molar-refractivity contribution is 5.06. The minimum absolute atomic E-state index is 0.0801. The molecule has 2 heterocycles. The van der Waals surface area contributed by atoms with Crippen LogP contribution in [0.25, 0.3) is 0 Å². The van der Waals surface area contributed by atoms with E-state index >= 15 is 0 Å². The first-order valence-corrected chi connectivity index (χ1v) is 5.42. The second-order valence-corrected chi connectivity index (χ2v) is 5.57. The van der Waals surface area contributed by atoms with Crippen molar-refractivity contribution in [3.63, 3.8) is 0 Å². The number of hydrogen-bond acceptors (Lipinski definition) is 3. The number of nitrogens with one attached hydrogen (secondary N) is 1. The molecule has 0 amide bonds. The zero-order valence-electron chi connectivity index (χ0n) is 9.64. The van der Waals surface area contributed by atoms with Gasteiger partial charge in [-0.15, -0.1) is 0 Å². The maximum atomic E-state index is 6.25. The minimum atomic E-state index is -0.169. The van der Waals surface area contributed by atoms with Gasteiger partial charge in [-0.2, -0.15) is 0 Å². The number of ether oxygens (including phenoxy) is 2. The normalized spacial score (nSPS) is 40.3. The maximum Gasteiger partial charge on any atom is 0.112 e. The molecule has 2 aliphatic rings. The molecule has 2 saturated heterocycles. The van der Waals surface area contributed by atoms with Crippen LogP contribution in [0.1, 0.15) is 34.1 Å². The van der Waals surface area contributed by atoms with Crippen molar-refractivity contribution in [2.45, 2.75) is 50.9 Å². The summed E-state index contributed by atoms with van der Waals surface area (Å²) in [6.07, 6.45) is 0.996. The molecular weight excluding hydrogens is 178 g/mol. The summed E-state index contributed by atoms with van der Waals surface area (Å²) in [6.45, 7) is 11.2. The van der Waals surface area contributed by atoms with Gasteiger partial charge in [0.05, 0.1) is 17.8 Å². The molecule has 0 aromatic carbocycles. The van der Waals surface area contributed by atoms with Gasteiger partial charge in [0.15, 0.2) is 0 Å². The zero-order valence-corrected chi connectivity index (χ0v) is 9.64. The Morgan fingerprint density at radius 1 is 1.07 bits per heavy atom. The summed E-state index contributed by atoms with van der Waals surface area (Å²) in [5.41, 5.74) is -0.379. The average molecular weight is 199 g/mol. The van der Waals surface area contributed by atoms with Crippen LogP contribution in [0, 0.1) is 0 Å². The lowest BCUT2D eigenvalue weighted by atomic mass is 9.82. The van der Waals surface area contributed by atoms with Crippen LogP contribution in [-0.2, 0) is 9.47 Å². The Balaban J connectivity index is 2.23. The van der Waals surface area contributed by atoms with E-state index < -0.39 is 0 Å². The Morgan fingerprint density at radius 2 is 1.79 bits per heavy atom. The molecule has 3 heteroatoms. The van der Waals surface area contributed by atoms with Crippen LogP contribution < -0.4 is 5.32 Å². The maximum absolute atomic E-state index is 6.25. The van der Waals surface area contributed by atoms with Gasteiger partial charge >= 0.3 is 0 Å². The van der Waals surface area contributed by atoms with E-state index in [2.05, 4.69) is 33.0 Å². The van der Waals surface area contributed by atoms with Gasteiger partial charge in [-0.3, -0.25) is 0 Å². The minimum Gasteiger partial charge on any atom is -0.372 e. The largest absolute Gasteiger partial charge is 0.372 e. The molecular formula is C11H21NO2. The molecule has 1 spiro atoms. The first kappa shape index (κ1) is 10.4. The summed E-state index contributed by atoms with van der Waals surface area (Å²) in [5.74, 6) is 0. The SMILES string of the molecule is CC1(C)CNCC2(CCOC2(C)C)O1. The van der Waals surface area contributed by atoms with Crippen molar-refractivity contribution >= 4 is 0 Å². The average Bonchev–Trinajstić information content (AvgIpc) is 2.25. The quantitative estimate of drug-likeness (QED) is 0.638. The smallest absolute Gasteiger partial charge is 0.112 e. The molecule has 14 heavy (non-hydrogen) atoms. The number of hydrogen-bond donors (Lipinski definition) is 1. The zero-order chi connectivity index (χ0) is 10.4. The van der Waals surface area contributed by atoms with E-state index in [0.29, 0.717) is 0 Å². The highest BCUT2D eigenvalue weighted by Gasteiger charge is 2.55. The topological polar surface area (TPSA) is 30.5 Å². The van der Waals surface area contributed by atoms with Crippen LogP contribution in [0.3, 0.4) is 0 Å². The van der Waals surface area contributed by atoms with Gasteiger partial charge in [0.25, 0.3) is 0 Å². The summed E-state index contributed by atoms with van der Waals surface area (Å²) in [7, 11) is 0. The van der Waals surface area contributed by atoms with Crippen molar-refractivity contribution in [3.05, 3.63) is 0 Å². The summed E-state index contributed by atoms with van der Waals surface area (Å²) in [5, 5.41) is 3.46. The molecule has 0 saturated carbocycles. The van der Waals surface area contributed by atoms with E-state index in [-0.39, 0.29) is 16.8 Å². The lowest BCUT2D eigenvalue weighted by Crippen LogP contribution is -2.64. The molecule has 1 N–H and O–H groups in total. The predicted octanol–water partition coefficient (Wildman–Crippen LogP) is 1.32. The van der Waals surface area contributed by atoms with E-state index in [1.807, 2.05) is 0 Å². The Morgan fingerprint density at radius 3 is 2.29 bits per heavy atom. The molecule has 2 rings (SSSR count). The standard InChI is InChI=1S/C11H21NO2/c1-9(2)7-12-8-11(14-9)5-6-13-10(11,3)4/h12H,5-8H2,1-4H3. The molecule has 0 bridgehead atoms.